The van der Waals surface area contributed by atoms with Crippen LogP contribution in [0.4, 0.5) is 4.39 Å². The van der Waals surface area contributed by atoms with E-state index in [2.05, 4.69) is 20.2 Å². The molecule has 6 heteroatoms. The van der Waals surface area contributed by atoms with Crippen molar-refractivity contribution < 1.29 is 4.39 Å². The molecule has 0 spiro atoms. The average Bonchev–Trinajstić information content (AvgIpc) is 3.28. The fourth-order valence-electron chi connectivity index (χ4n) is 3.39. The number of nitrogens with one attached hydrogen (secondary N) is 1. The Labute approximate surface area is 140 Å². The minimum absolute atomic E-state index is 0.232. The maximum atomic E-state index is 13.0. The minimum Gasteiger partial charge on any atom is -0.298 e. The number of benzene rings is 1. The van der Waals surface area contributed by atoms with Crippen LogP contribution in [0.2, 0.25) is 0 Å². The second-order valence-corrected chi connectivity index (χ2v) is 6.38. The first kappa shape index (κ1) is 15.1. The van der Waals surface area contributed by atoms with Gasteiger partial charge in [0.05, 0.1) is 18.1 Å². The lowest BCUT2D eigenvalue weighted by molar-refractivity contribution is 0.200. The van der Waals surface area contributed by atoms with Gasteiger partial charge in [0.25, 0.3) is 0 Å². The van der Waals surface area contributed by atoms with E-state index in [9.17, 15) is 4.39 Å². The highest BCUT2D eigenvalue weighted by Crippen LogP contribution is 2.27. The number of hydrogen-bond acceptors (Lipinski definition) is 3. The van der Waals surface area contributed by atoms with Crippen molar-refractivity contribution in [3.63, 3.8) is 0 Å². The van der Waals surface area contributed by atoms with Crippen molar-refractivity contribution in [2.45, 2.75) is 25.3 Å². The van der Waals surface area contributed by atoms with E-state index in [4.69, 9.17) is 0 Å². The molecule has 2 aromatic heterocycles. The molecule has 1 aliphatic heterocycles. The van der Waals surface area contributed by atoms with E-state index < -0.39 is 0 Å². The molecule has 5 nitrogen and oxygen atoms in total. The van der Waals surface area contributed by atoms with Gasteiger partial charge in [-0.05, 0) is 55.1 Å². The first-order chi connectivity index (χ1) is 11.8. The van der Waals surface area contributed by atoms with Crippen LogP contribution in [0.3, 0.4) is 0 Å². The number of aromatic amines is 1. The standard InChI is InChI=1S/C18H20FN5/c19-17-3-5-18(6-4-17)24-12-14(8-22-24)11-23-7-1-2-15(13-23)16-9-20-21-10-16/h3-6,8-10,12,15H,1-2,7,11,13H2,(H,20,21)/t15-/m0/s1. The summed E-state index contributed by atoms with van der Waals surface area (Å²) in [4.78, 5) is 2.47. The number of halogens is 1. The maximum absolute atomic E-state index is 13.0. The second kappa shape index (κ2) is 6.57. The molecule has 0 unspecified atom stereocenters. The predicted molar refractivity (Wildman–Crippen MR) is 89.4 cm³/mol. The van der Waals surface area contributed by atoms with E-state index in [0.29, 0.717) is 5.92 Å². The lowest BCUT2D eigenvalue weighted by Crippen LogP contribution is -2.33. The number of aromatic nitrogens is 4. The maximum Gasteiger partial charge on any atom is 0.123 e. The van der Waals surface area contributed by atoms with Crippen molar-refractivity contribution in [3.05, 3.63) is 66.0 Å². The first-order valence-corrected chi connectivity index (χ1v) is 8.28. The van der Waals surface area contributed by atoms with Crippen LogP contribution in [-0.4, -0.2) is 38.0 Å². The van der Waals surface area contributed by atoms with Crippen molar-refractivity contribution >= 4 is 0 Å². The summed E-state index contributed by atoms with van der Waals surface area (Å²) < 4.78 is 14.8. The SMILES string of the molecule is Fc1ccc(-n2cc(CN3CCC[C@H](c4cn[nH]c4)C3)cn2)cc1. The molecule has 3 heterocycles. The Morgan fingerprint density at radius 1 is 1.21 bits per heavy atom. The monoisotopic (exact) mass is 325 g/mol. The number of H-pyrrole nitrogens is 1. The number of hydrogen-bond donors (Lipinski definition) is 1. The zero-order valence-electron chi connectivity index (χ0n) is 13.4. The Bertz CT molecular complexity index is 778. The normalized spacial score (nSPS) is 18.8. The van der Waals surface area contributed by atoms with Crippen molar-refractivity contribution in [1.29, 1.82) is 0 Å². The highest BCUT2D eigenvalue weighted by Gasteiger charge is 2.22. The number of rotatable bonds is 4. The average molecular weight is 325 g/mol. The number of nitrogens with zero attached hydrogens (tertiary/aromatic N) is 4. The smallest absolute Gasteiger partial charge is 0.123 e. The predicted octanol–water partition coefficient (Wildman–Crippen LogP) is 3.11. The van der Waals surface area contributed by atoms with Gasteiger partial charge in [-0.25, -0.2) is 9.07 Å². The van der Waals surface area contributed by atoms with Crippen LogP contribution >= 0.6 is 0 Å². The molecule has 4 rings (SSSR count). The molecule has 3 aromatic rings. The largest absolute Gasteiger partial charge is 0.298 e. The summed E-state index contributed by atoms with van der Waals surface area (Å²) in [6.07, 6.45) is 10.3. The van der Waals surface area contributed by atoms with Crippen molar-refractivity contribution in [2.24, 2.45) is 0 Å². The molecule has 1 aromatic carbocycles. The summed E-state index contributed by atoms with van der Waals surface area (Å²) in [6.45, 7) is 3.03. The molecule has 1 atom stereocenters. The lowest BCUT2D eigenvalue weighted by atomic mass is 9.93. The fourth-order valence-corrected chi connectivity index (χ4v) is 3.39. The van der Waals surface area contributed by atoms with E-state index in [1.165, 1.54) is 36.1 Å². The van der Waals surface area contributed by atoms with Crippen LogP contribution in [0.15, 0.2) is 49.1 Å². The van der Waals surface area contributed by atoms with E-state index in [1.54, 1.807) is 16.8 Å². The first-order valence-electron chi connectivity index (χ1n) is 8.28. The molecule has 1 saturated heterocycles. The van der Waals surface area contributed by atoms with Gasteiger partial charge in [0.2, 0.25) is 0 Å². The third-order valence-corrected chi connectivity index (χ3v) is 4.63. The van der Waals surface area contributed by atoms with Crippen LogP contribution in [0.5, 0.6) is 0 Å². The quantitative estimate of drug-likeness (QED) is 0.802. The topological polar surface area (TPSA) is 49.7 Å². The van der Waals surface area contributed by atoms with E-state index in [0.717, 1.165) is 25.3 Å². The molecule has 0 amide bonds. The molecule has 0 aliphatic carbocycles. The van der Waals surface area contributed by atoms with Crippen LogP contribution in [0.25, 0.3) is 5.69 Å². The zero-order chi connectivity index (χ0) is 16.4. The molecular weight excluding hydrogens is 305 g/mol. The minimum atomic E-state index is -0.232. The Hall–Kier alpha value is -2.47. The van der Waals surface area contributed by atoms with Gasteiger partial charge in [0.15, 0.2) is 0 Å². The summed E-state index contributed by atoms with van der Waals surface area (Å²) in [5.74, 6) is 0.314. The van der Waals surface area contributed by atoms with Gasteiger partial charge in [0.1, 0.15) is 5.82 Å². The van der Waals surface area contributed by atoms with Gasteiger partial charge in [-0.15, -0.1) is 0 Å². The molecule has 0 bridgehead atoms. The molecule has 1 fully saturated rings. The summed E-state index contributed by atoms with van der Waals surface area (Å²) in [5, 5.41) is 11.4. The lowest BCUT2D eigenvalue weighted by Gasteiger charge is -2.31. The molecule has 1 aliphatic rings. The highest BCUT2D eigenvalue weighted by atomic mass is 19.1. The van der Waals surface area contributed by atoms with Crippen LogP contribution < -0.4 is 0 Å². The molecular formula is C18H20FN5. The summed E-state index contributed by atoms with van der Waals surface area (Å²) >= 11 is 0. The Morgan fingerprint density at radius 3 is 2.88 bits per heavy atom. The molecule has 0 saturated carbocycles. The van der Waals surface area contributed by atoms with Gasteiger partial charge in [0, 0.05) is 31.0 Å². The Balaban J connectivity index is 1.43. The van der Waals surface area contributed by atoms with Crippen molar-refractivity contribution in [1.82, 2.24) is 24.9 Å². The summed E-state index contributed by atoms with van der Waals surface area (Å²) in [6, 6.07) is 6.39. The third kappa shape index (κ3) is 3.23. The van der Waals surface area contributed by atoms with Crippen LogP contribution in [0, 0.1) is 5.82 Å². The van der Waals surface area contributed by atoms with E-state index >= 15 is 0 Å². The highest BCUT2D eigenvalue weighted by molar-refractivity contribution is 5.31. The van der Waals surface area contributed by atoms with Gasteiger partial charge < -0.3 is 0 Å². The van der Waals surface area contributed by atoms with E-state index in [-0.39, 0.29) is 5.82 Å². The summed E-state index contributed by atoms with van der Waals surface area (Å²) in [5.41, 5.74) is 3.34. The Morgan fingerprint density at radius 2 is 2.08 bits per heavy atom. The number of likely N-dealkylation sites (tertiary alicyclic amines) is 1. The van der Waals surface area contributed by atoms with Gasteiger partial charge in [-0.2, -0.15) is 10.2 Å². The Kier molecular flexibility index (Phi) is 4.13. The summed E-state index contributed by atoms with van der Waals surface area (Å²) in [7, 11) is 0. The van der Waals surface area contributed by atoms with Gasteiger partial charge >= 0.3 is 0 Å². The second-order valence-electron chi connectivity index (χ2n) is 6.38. The molecule has 124 valence electrons. The molecule has 24 heavy (non-hydrogen) atoms. The van der Waals surface area contributed by atoms with Crippen molar-refractivity contribution in [2.75, 3.05) is 13.1 Å². The van der Waals surface area contributed by atoms with Gasteiger partial charge in [-0.1, -0.05) is 0 Å². The third-order valence-electron chi connectivity index (χ3n) is 4.63. The van der Waals surface area contributed by atoms with Crippen LogP contribution in [0.1, 0.15) is 29.9 Å². The fraction of sp³-hybridized carbons (Fsp3) is 0.333. The molecule has 1 N–H and O–H groups in total. The van der Waals surface area contributed by atoms with E-state index in [1.807, 2.05) is 24.8 Å². The zero-order valence-corrected chi connectivity index (χ0v) is 13.4. The molecule has 0 radical (unpaired) electrons. The van der Waals surface area contributed by atoms with Crippen molar-refractivity contribution in [3.8, 4) is 5.69 Å². The van der Waals surface area contributed by atoms with Gasteiger partial charge in [-0.3, -0.25) is 10.00 Å². The van der Waals surface area contributed by atoms with Crippen LogP contribution in [-0.2, 0) is 6.54 Å². The number of piperidine rings is 1.